The Kier molecular flexibility index (Phi) is 3.75. The van der Waals surface area contributed by atoms with E-state index in [0.29, 0.717) is 11.4 Å². The van der Waals surface area contributed by atoms with Crippen LogP contribution in [0.1, 0.15) is 37.6 Å². The molecule has 8 heteroatoms. The first-order valence-electron chi connectivity index (χ1n) is 7.68. The molecule has 0 bridgehead atoms. The predicted molar refractivity (Wildman–Crippen MR) is 97.1 cm³/mol. The van der Waals surface area contributed by atoms with Crippen LogP contribution >= 0.6 is 35.3 Å². The Morgan fingerprint density at radius 2 is 2.30 bits per heavy atom. The summed E-state index contributed by atoms with van der Waals surface area (Å²) in [4.78, 5) is 7.19. The Labute approximate surface area is 147 Å². The van der Waals surface area contributed by atoms with E-state index in [9.17, 15) is 0 Å². The van der Waals surface area contributed by atoms with Gasteiger partial charge in [0.1, 0.15) is 4.83 Å². The van der Waals surface area contributed by atoms with Crippen molar-refractivity contribution in [1.82, 2.24) is 19.6 Å². The summed E-state index contributed by atoms with van der Waals surface area (Å²) in [5.74, 6) is 1.02. The zero-order chi connectivity index (χ0) is 16.2. The van der Waals surface area contributed by atoms with Crippen LogP contribution in [0, 0.1) is 4.77 Å². The van der Waals surface area contributed by atoms with E-state index >= 15 is 0 Å². The molecule has 0 fully saturated rings. The number of nitrogens with one attached hydrogen (secondary N) is 1. The highest BCUT2D eigenvalue weighted by atomic mass is 32.2. The fourth-order valence-corrected chi connectivity index (χ4v) is 5.20. The minimum atomic E-state index is -0.152. The molecule has 0 atom stereocenters. The molecule has 0 spiro atoms. The van der Waals surface area contributed by atoms with Crippen molar-refractivity contribution in [3.8, 4) is 0 Å². The second-order valence-electron chi connectivity index (χ2n) is 6.34. The maximum Gasteiger partial charge on any atom is 0.201 e. The number of fused-ring (bicyclic) bond motifs is 5. The molecule has 4 rings (SSSR count). The van der Waals surface area contributed by atoms with Gasteiger partial charge in [0.25, 0.3) is 0 Å². The summed E-state index contributed by atoms with van der Waals surface area (Å²) in [7, 11) is 0. The smallest absolute Gasteiger partial charge is 0.201 e. The van der Waals surface area contributed by atoms with Crippen LogP contribution in [0.3, 0.4) is 0 Å². The lowest BCUT2D eigenvalue weighted by molar-refractivity contribution is -0.0379. The molecule has 4 heterocycles. The molecule has 0 saturated heterocycles. The first-order valence-corrected chi connectivity index (χ1v) is 9.89. The van der Waals surface area contributed by atoms with Crippen molar-refractivity contribution in [3.63, 3.8) is 0 Å². The number of aromatic nitrogens is 4. The van der Waals surface area contributed by atoms with Crippen LogP contribution in [0.2, 0.25) is 0 Å². The zero-order valence-electron chi connectivity index (χ0n) is 13.3. The summed E-state index contributed by atoms with van der Waals surface area (Å²) in [5.41, 5.74) is 2.06. The Morgan fingerprint density at radius 3 is 3.09 bits per heavy atom. The van der Waals surface area contributed by atoms with Gasteiger partial charge < -0.3 is 4.74 Å². The van der Waals surface area contributed by atoms with E-state index in [1.807, 2.05) is 4.40 Å². The van der Waals surface area contributed by atoms with Crippen molar-refractivity contribution < 1.29 is 4.74 Å². The fourth-order valence-electron chi connectivity index (χ4n) is 2.92. The lowest BCUT2D eigenvalue weighted by Gasteiger charge is -2.30. The molecule has 0 saturated carbocycles. The summed E-state index contributed by atoms with van der Waals surface area (Å²) < 4.78 is 8.55. The van der Waals surface area contributed by atoms with Crippen LogP contribution in [0.5, 0.6) is 0 Å². The highest BCUT2D eigenvalue weighted by Crippen LogP contribution is 2.40. The summed E-state index contributed by atoms with van der Waals surface area (Å²) in [5, 5.41) is 9.50. The minimum Gasteiger partial charge on any atom is -0.370 e. The molecule has 122 valence electrons. The van der Waals surface area contributed by atoms with Gasteiger partial charge in [-0.15, -0.1) is 11.3 Å². The van der Waals surface area contributed by atoms with Crippen molar-refractivity contribution in [1.29, 1.82) is 0 Å². The molecular weight excluding hydrogens is 348 g/mol. The molecule has 23 heavy (non-hydrogen) atoms. The molecule has 0 aliphatic carbocycles. The van der Waals surface area contributed by atoms with Gasteiger partial charge >= 0.3 is 0 Å². The molecule has 1 aliphatic heterocycles. The molecule has 1 aliphatic rings. The predicted octanol–water partition coefficient (Wildman–Crippen LogP) is 4.35. The molecule has 0 unspecified atom stereocenters. The largest absolute Gasteiger partial charge is 0.370 e. The number of nitrogens with zero attached hydrogens (tertiary/aromatic N) is 3. The zero-order valence-corrected chi connectivity index (χ0v) is 15.8. The molecule has 5 nitrogen and oxygen atoms in total. The van der Waals surface area contributed by atoms with Crippen LogP contribution in [0.15, 0.2) is 5.16 Å². The van der Waals surface area contributed by atoms with Crippen LogP contribution in [0.4, 0.5) is 0 Å². The van der Waals surface area contributed by atoms with Crippen molar-refractivity contribution in [2.24, 2.45) is 0 Å². The van der Waals surface area contributed by atoms with Gasteiger partial charge in [0.2, 0.25) is 4.77 Å². The van der Waals surface area contributed by atoms with Crippen molar-refractivity contribution in [2.45, 2.75) is 51.0 Å². The minimum absolute atomic E-state index is 0.152. The molecular formula is C15H18N4OS3. The summed E-state index contributed by atoms with van der Waals surface area (Å²) in [6.45, 7) is 7.08. The van der Waals surface area contributed by atoms with Crippen LogP contribution in [-0.2, 0) is 17.8 Å². The summed E-state index contributed by atoms with van der Waals surface area (Å²) in [6, 6.07) is 0. The third kappa shape index (κ3) is 2.52. The molecule has 1 N–H and O–H groups in total. The standard InChI is InChI=1S/C15H18N4OS3/c1-4-5-22-14-16-12-10(11-17-18-13(21)19(11)14)8-6-15(2,3)20-7-9(8)23-12/h4-7H2,1-3H3,(H,18,21). The third-order valence-corrected chi connectivity index (χ3v) is 6.51. The number of ether oxygens (including phenoxy) is 1. The van der Waals surface area contributed by atoms with Crippen LogP contribution < -0.4 is 0 Å². The number of hydrogen-bond acceptors (Lipinski definition) is 6. The number of rotatable bonds is 3. The van der Waals surface area contributed by atoms with Gasteiger partial charge in [0, 0.05) is 17.1 Å². The lowest BCUT2D eigenvalue weighted by atomic mass is 9.94. The third-order valence-electron chi connectivity index (χ3n) is 3.99. The Hall–Kier alpha value is -0.960. The molecule has 0 amide bonds. The average molecular weight is 367 g/mol. The first-order chi connectivity index (χ1) is 11.0. The normalized spacial score (nSPS) is 17.0. The van der Waals surface area contributed by atoms with E-state index in [-0.39, 0.29) is 5.60 Å². The number of thioether (sulfide) groups is 1. The van der Waals surface area contributed by atoms with Crippen LogP contribution in [-0.4, -0.2) is 30.9 Å². The average Bonchev–Trinajstić information content (AvgIpc) is 3.04. The Balaban J connectivity index is 2.02. The van der Waals surface area contributed by atoms with E-state index in [1.165, 1.54) is 10.4 Å². The maximum absolute atomic E-state index is 5.96. The van der Waals surface area contributed by atoms with Gasteiger partial charge in [-0.05, 0) is 38.0 Å². The quantitative estimate of drug-likeness (QED) is 0.424. The van der Waals surface area contributed by atoms with Gasteiger partial charge in [0.05, 0.1) is 17.6 Å². The van der Waals surface area contributed by atoms with Gasteiger partial charge in [-0.3, -0.25) is 5.10 Å². The van der Waals surface area contributed by atoms with Crippen molar-refractivity contribution >= 4 is 51.2 Å². The van der Waals surface area contributed by atoms with Crippen molar-refractivity contribution in [3.05, 3.63) is 15.2 Å². The van der Waals surface area contributed by atoms with Gasteiger partial charge in [-0.2, -0.15) is 5.10 Å². The highest BCUT2D eigenvalue weighted by molar-refractivity contribution is 7.99. The van der Waals surface area contributed by atoms with Gasteiger partial charge in [-0.1, -0.05) is 18.7 Å². The number of H-pyrrole nitrogens is 1. The Bertz CT molecular complexity index is 953. The number of aromatic amines is 1. The maximum atomic E-state index is 5.96. The van der Waals surface area contributed by atoms with E-state index in [2.05, 4.69) is 31.0 Å². The SMILES string of the molecule is CCCSc1nc2sc3c(c2c2n[nH]c(=S)n12)CC(C)(C)OC3. The van der Waals surface area contributed by atoms with Gasteiger partial charge in [-0.25, -0.2) is 9.38 Å². The monoisotopic (exact) mass is 366 g/mol. The number of hydrogen-bond donors (Lipinski definition) is 1. The van der Waals surface area contributed by atoms with E-state index < -0.39 is 0 Å². The topological polar surface area (TPSA) is 55.2 Å². The first kappa shape index (κ1) is 15.6. The summed E-state index contributed by atoms with van der Waals surface area (Å²) in [6.07, 6.45) is 1.97. The summed E-state index contributed by atoms with van der Waals surface area (Å²) >= 11 is 8.88. The second-order valence-corrected chi connectivity index (χ2v) is 8.87. The second kappa shape index (κ2) is 5.54. The highest BCUT2D eigenvalue weighted by Gasteiger charge is 2.31. The van der Waals surface area contributed by atoms with Gasteiger partial charge in [0.15, 0.2) is 10.8 Å². The van der Waals surface area contributed by atoms with Crippen LogP contribution in [0.25, 0.3) is 15.9 Å². The molecule has 0 aromatic carbocycles. The molecule has 0 radical (unpaired) electrons. The van der Waals surface area contributed by atoms with E-state index in [4.69, 9.17) is 21.9 Å². The molecule has 3 aromatic rings. The fraction of sp³-hybridized carbons (Fsp3) is 0.533. The van der Waals surface area contributed by atoms with E-state index in [1.54, 1.807) is 23.1 Å². The lowest BCUT2D eigenvalue weighted by Crippen LogP contribution is -2.31. The Morgan fingerprint density at radius 1 is 1.48 bits per heavy atom. The molecule has 3 aromatic heterocycles. The van der Waals surface area contributed by atoms with E-state index in [0.717, 1.165) is 39.6 Å². The van der Waals surface area contributed by atoms with Crippen molar-refractivity contribution in [2.75, 3.05) is 5.75 Å². The number of thiophene rings is 1.